The van der Waals surface area contributed by atoms with Gasteiger partial charge in [-0.05, 0) is 59.7 Å². The second kappa shape index (κ2) is 11.4. The number of carbonyl (C=O) groups excluding carboxylic acids is 1. The van der Waals surface area contributed by atoms with E-state index in [0.29, 0.717) is 55.1 Å². The van der Waals surface area contributed by atoms with E-state index in [1.807, 2.05) is 12.1 Å². The molecule has 0 bridgehead atoms. The third-order valence-electron chi connectivity index (χ3n) is 5.02. The maximum absolute atomic E-state index is 12.6. The number of hydrogen-bond acceptors (Lipinski definition) is 6. The lowest BCUT2D eigenvalue weighted by atomic mass is 10.1. The van der Waals surface area contributed by atoms with Gasteiger partial charge < -0.3 is 24.8 Å². The van der Waals surface area contributed by atoms with Crippen LogP contribution in [0.5, 0.6) is 17.2 Å². The van der Waals surface area contributed by atoms with Gasteiger partial charge in [-0.15, -0.1) is 0 Å². The maximum atomic E-state index is 12.6. The van der Waals surface area contributed by atoms with Gasteiger partial charge >= 0.3 is 0 Å². The van der Waals surface area contributed by atoms with E-state index >= 15 is 0 Å². The molecule has 3 aromatic rings. The Morgan fingerprint density at radius 1 is 0.971 bits per heavy atom. The molecule has 35 heavy (non-hydrogen) atoms. The highest BCUT2D eigenvalue weighted by Gasteiger charge is 2.28. The quantitative estimate of drug-likeness (QED) is 0.299. The third-order valence-corrected chi connectivity index (χ3v) is 6.82. The molecule has 1 unspecified atom stereocenters. The largest absolute Gasteiger partial charge is 0.495 e. The van der Waals surface area contributed by atoms with Gasteiger partial charge in [0.15, 0.2) is 17.0 Å². The van der Waals surface area contributed by atoms with Crippen LogP contribution in [0, 0.1) is 0 Å². The molecule has 1 amide bonds. The van der Waals surface area contributed by atoms with E-state index in [9.17, 15) is 4.79 Å². The summed E-state index contributed by atoms with van der Waals surface area (Å²) < 4.78 is 16.8. The predicted molar refractivity (Wildman–Crippen MR) is 143 cm³/mol. The first-order valence-corrected chi connectivity index (χ1v) is 12.4. The number of rotatable bonds is 8. The van der Waals surface area contributed by atoms with E-state index < -0.39 is 5.50 Å². The highest BCUT2D eigenvalue weighted by Crippen LogP contribution is 2.39. The standard InChI is InChI=1S/C25H21Cl3N2O4S/c1-32-20-8-7-17(27)12-19(20)29-25-30-24(31)22(35-25)11-15-9-18(28)23(21(10-15)33-2)34-13-14-3-5-16(26)6-4-14/h3-12,25,29H,13H2,1-2H3,(H,30,31)/b22-11-. The molecule has 1 aliphatic rings. The Morgan fingerprint density at radius 3 is 2.40 bits per heavy atom. The topological polar surface area (TPSA) is 68.8 Å². The van der Waals surface area contributed by atoms with E-state index in [2.05, 4.69) is 10.6 Å². The molecule has 0 radical (unpaired) electrons. The van der Waals surface area contributed by atoms with E-state index in [4.69, 9.17) is 49.0 Å². The van der Waals surface area contributed by atoms with Crippen molar-refractivity contribution in [2.24, 2.45) is 0 Å². The summed E-state index contributed by atoms with van der Waals surface area (Å²) in [4.78, 5) is 13.1. The number of anilines is 1. The molecule has 0 aromatic heterocycles. The Hall–Kier alpha value is -2.71. The first-order chi connectivity index (χ1) is 16.9. The van der Waals surface area contributed by atoms with Gasteiger partial charge in [-0.25, -0.2) is 0 Å². The minimum Gasteiger partial charge on any atom is -0.495 e. The Balaban J connectivity index is 1.49. The Labute approximate surface area is 222 Å². The second-order valence-corrected chi connectivity index (χ2v) is 9.85. The number of benzene rings is 3. The zero-order valence-electron chi connectivity index (χ0n) is 18.7. The zero-order chi connectivity index (χ0) is 24.9. The minimum absolute atomic E-state index is 0.216. The highest BCUT2D eigenvalue weighted by atomic mass is 35.5. The summed E-state index contributed by atoms with van der Waals surface area (Å²) in [5, 5.41) is 7.69. The Morgan fingerprint density at radius 2 is 1.69 bits per heavy atom. The summed E-state index contributed by atoms with van der Waals surface area (Å²) in [6, 6.07) is 16.1. The molecule has 1 heterocycles. The first-order valence-electron chi connectivity index (χ1n) is 10.4. The highest BCUT2D eigenvalue weighted by molar-refractivity contribution is 8.05. The molecule has 182 valence electrons. The van der Waals surface area contributed by atoms with Crippen LogP contribution in [-0.4, -0.2) is 25.6 Å². The maximum Gasteiger partial charge on any atom is 0.260 e. The molecule has 0 spiro atoms. The molecule has 1 aliphatic heterocycles. The number of thioether (sulfide) groups is 1. The molecule has 0 aliphatic carbocycles. The van der Waals surface area contributed by atoms with E-state index in [1.54, 1.807) is 55.7 Å². The molecule has 0 saturated carbocycles. The van der Waals surface area contributed by atoms with E-state index in [0.717, 1.165) is 5.56 Å². The average molecular weight is 552 g/mol. The lowest BCUT2D eigenvalue weighted by molar-refractivity contribution is -0.116. The van der Waals surface area contributed by atoms with Gasteiger partial charge in [0.05, 0.1) is 29.8 Å². The van der Waals surface area contributed by atoms with Crippen molar-refractivity contribution in [3.05, 3.63) is 85.7 Å². The van der Waals surface area contributed by atoms with Gasteiger partial charge in [-0.2, -0.15) is 0 Å². The number of hydrogen-bond donors (Lipinski definition) is 2. The van der Waals surface area contributed by atoms with Gasteiger partial charge in [0.25, 0.3) is 5.91 Å². The fourth-order valence-corrected chi connectivity index (χ4v) is 4.90. The summed E-state index contributed by atoms with van der Waals surface area (Å²) in [6.07, 6.45) is 1.74. The van der Waals surface area contributed by atoms with Gasteiger partial charge in [0.2, 0.25) is 0 Å². The Bertz CT molecular complexity index is 1270. The SMILES string of the molecule is COc1ccc(Cl)cc1NC1NC(=O)/C(=C/c2cc(Cl)c(OCc3ccc(Cl)cc3)c(OC)c2)S1. The summed E-state index contributed by atoms with van der Waals surface area (Å²) >= 11 is 19.9. The number of halogens is 3. The molecule has 1 atom stereocenters. The molecular formula is C25H21Cl3N2O4S. The second-order valence-electron chi connectivity index (χ2n) is 7.42. The van der Waals surface area contributed by atoms with Crippen LogP contribution in [-0.2, 0) is 11.4 Å². The van der Waals surface area contributed by atoms with Crippen molar-refractivity contribution < 1.29 is 19.0 Å². The van der Waals surface area contributed by atoms with Crippen LogP contribution in [0.4, 0.5) is 5.69 Å². The monoisotopic (exact) mass is 550 g/mol. The van der Waals surface area contributed by atoms with Gasteiger partial charge in [0, 0.05) is 10.0 Å². The summed E-state index contributed by atoms with van der Waals surface area (Å²) in [7, 11) is 3.10. The molecule has 10 heteroatoms. The van der Waals surface area contributed by atoms with Crippen molar-refractivity contribution in [2.75, 3.05) is 19.5 Å². The summed E-state index contributed by atoms with van der Waals surface area (Å²) in [5.41, 5.74) is 1.91. The lowest BCUT2D eigenvalue weighted by Gasteiger charge is -2.16. The number of ether oxygens (including phenoxy) is 3. The summed E-state index contributed by atoms with van der Waals surface area (Å²) in [6.45, 7) is 0.298. The Kier molecular flexibility index (Phi) is 8.23. The normalized spacial score (nSPS) is 16.2. The van der Waals surface area contributed by atoms with Crippen LogP contribution >= 0.6 is 46.6 Å². The molecule has 6 nitrogen and oxygen atoms in total. The van der Waals surface area contributed by atoms with Crippen molar-refractivity contribution in [3.63, 3.8) is 0 Å². The summed E-state index contributed by atoms with van der Waals surface area (Å²) in [5.74, 6) is 1.28. The fourth-order valence-electron chi connectivity index (χ4n) is 3.35. The van der Waals surface area contributed by atoms with E-state index in [-0.39, 0.29) is 5.91 Å². The lowest BCUT2D eigenvalue weighted by Crippen LogP contribution is -2.31. The smallest absolute Gasteiger partial charge is 0.260 e. The van der Waals surface area contributed by atoms with Crippen LogP contribution in [0.2, 0.25) is 15.1 Å². The molecule has 1 saturated heterocycles. The van der Waals surface area contributed by atoms with E-state index in [1.165, 1.54) is 18.9 Å². The fraction of sp³-hybridized carbons (Fsp3) is 0.160. The average Bonchev–Trinajstić information content (AvgIpc) is 3.17. The van der Waals surface area contributed by atoms with Crippen LogP contribution in [0.1, 0.15) is 11.1 Å². The van der Waals surface area contributed by atoms with Gasteiger partial charge in [-0.1, -0.05) is 58.7 Å². The molecule has 2 N–H and O–H groups in total. The minimum atomic E-state index is -0.402. The zero-order valence-corrected chi connectivity index (χ0v) is 21.8. The van der Waals surface area contributed by atoms with Crippen molar-refractivity contribution in [1.82, 2.24) is 5.32 Å². The number of carbonyl (C=O) groups is 1. The van der Waals surface area contributed by atoms with Crippen molar-refractivity contribution in [3.8, 4) is 17.2 Å². The van der Waals surface area contributed by atoms with Crippen LogP contribution in [0.15, 0.2) is 59.5 Å². The number of amides is 1. The molecule has 3 aromatic carbocycles. The van der Waals surface area contributed by atoms with Crippen molar-refractivity contribution in [2.45, 2.75) is 12.1 Å². The molecular weight excluding hydrogens is 531 g/mol. The van der Waals surface area contributed by atoms with Crippen LogP contribution in [0.3, 0.4) is 0 Å². The van der Waals surface area contributed by atoms with Gasteiger partial charge in [-0.3, -0.25) is 4.79 Å². The van der Waals surface area contributed by atoms with Crippen LogP contribution in [0.25, 0.3) is 6.08 Å². The first kappa shape index (κ1) is 25.4. The van der Waals surface area contributed by atoms with Crippen LogP contribution < -0.4 is 24.8 Å². The predicted octanol–water partition coefficient (Wildman–Crippen LogP) is 6.84. The molecule has 4 rings (SSSR count). The third kappa shape index (κ3) is 6.30. The number of nitrogens with one attached hydrogen (secondary N) is 2. The molecule has 1 fully saturated rings. The number of methoxy groups -OCH3 is 2. The van der Waals surface area contributed by atoms with Gasteiger partial charge in [0.1, 0.15) is 12.4 Å². The van der Waals surface area contributed by atoms with Crippen molar-refractivity contribution >= 4 is 64.2 Å². The van der Waals surface area contributed by atoms with Crippen molar-refractivity contribution in [1.29, 1.82) is 0 Å².